The number of nitrogens with one attached hydrogen (secondary N) is 2. The van der Waals surface area contributed by atoms with E-state index in [9.17, 15) is 9.59 Å². The lowest BCUT2D eigenvalue weighted by atomic mass is 10.2. The number of amides is 3. The van der Waals surface area contributed by atoms with Crippen molar-refractivity contribution in [1.82, 2.24) is 10.1 Å². The van der Waals surface area contributed by atoms with Gasteiger partial charge >= 0.3 is 6.03 Å². The molecule has 1 unspecified atom stereocenters. The van der Waals surface area contributed by atoms with Crippen LogP contribution in [0.15, 0.2) is 28.8 Å². The van der Waals surface area contributed by atoms with Crippen LogP contribution in [-0.4, -0.2) is 62.0 Å². The van der Waals surface area contributed by atoms with Crippen molar-refractivity contribution in [2.75, 3.05) is 44.5 Å². The van der Waals surface area contributed by atoms with Crippen molar-refractivity contribution in [3.63, 3.8) is 0 Å². The normalized spacial score (nSPS) is 15.5. The van der Waals surface area contributed by atoms with Gasteiger partial charge in [-0.2, -0.15) is 0 Å². The SMILES string of the molecule is COc1cc(NC(=O)N(CC(=O)Nc2cc(C)on2)CC2CCCO2)cc(OC)c1. The number of carbonyl (C=O) groups excluding carboxylic acids is 2. The minimum Gasteiger partial charge on any atom is -0.497 e. The van der Waals surface area contributed by atoms with Crippen LogP contribution in [0.5, 0.6) is 11.5 Å². The number of aryl methyl sites for hydroxylation is 1. The number of hydrogen-bond acceptors (Lipinski definition) is 7. The van der Waals surface area contributed by atoms with E-state index in [2.05, 4.69) is 15.8 Å². The van der Waals surface area contributed by atoms with Crippen LogP contribution in [0.2, 0.25) is 0 Å². The number of urea groups is 1. The highest BCUT2D eigenvalue weighted by molar-refractivity contribution is 5.96. The summed E-state index contributed by atoms with van der Waals surface area (Å²) in [6, 6.07) is 6.21. The molecule has 1 aliphatic rings. The number of aromatic nitrogens is 1. The zero-order valence-electron chi connectivity index (χ0n) is 17.3. The minimum atomic E-state index is -0.438. The zero-order valence-corrected chi connectivity index (χ0v) is 17.3. The van der Waals surface area contributed by atoms with Crippen LogP contribution in [0.4, 0.5) is 16.3 Å². The summed E-state index contributed by atoms with van der Waals surface area (Å²) in [4.78, 5) is 26.8. The third kappa shape index (κ3) is 5.86. The van der Waals surface area contributed by atoms with Gasteiger partial charge < -0.3 is 34.3 Å². The third-order valence-electron chi connectivity index (χ3n) is 4.57. The quantitative estimate of drug-likeness (QED) is 0.677. The lowest BCUT2D eigenvalue weighted by Crippen LogP contribution is -2.44. The van der Waals surface area contributed by atoms with E-state index in [-0.39, 0.29) is 25.1 Å². The Morgan fingerprint density at radius 3 is 2.47 bits per heavy atom. The van der Waals surface area contributed by atoms with Crippen LogP contribution in [0.3, 0.4) is 0 Å². The van der Waals surface area contributed by atoms with E-state index in [1.54, 1.807) is 31.2 Å². The smallest absolute Gasteiger partial charge is 0.322 e. The molecule has 162 valence electrons. The number of methoxy groups -OCH3 is 2. The van der Waals surface area contributed by atoms with Crippen molar-refractivity contribution >= 4 is 23.4 Å². The molecule has 1 aromatic carbocycles. The molecule has 0 radical (unpaired) electrons. The molecule has 10 nitrogen and oxygen atoms in total. The summed E-state index contributed by atoms with van der Waals surface area (Å²) in [6.45, 7) is 2.50. The first-order valence-electron chi connectivity index (χ1n) is 9.60. The van der Waals surface area contributed by atoms with Gasteiger partial charge in [0.2, 0.25) is 5.91 Å². The molecule has 30 heavy (non-hydrogen) atoms. The first kappa shape index (κ1) is 21.4. The Balaban J connectivity index is 1.70. The molecule has 2 heterocycles. The molecular formula is C20H26N4O6. The standard InChI is InChI=1S/C20H26N4O6/c1-13-7-18(23-30-13)22-19(25)12-24(11-15-5-4-6-29-15)20(26)21-14-8-16(27-2)10-17(9-14)28-3/h7-10,15H,4-6,11-12H2,1-3H3,(H,21,26)(H,22,23,25). The second-order valence-electron chi connectivity index (χ2n) is 6.92. The van der Waals surface area contributed by atoms with Crippen LogP contribution < -0.4 is 20.1 Å². The van der Waals surface area contributed by atoms with Crippen LogP contribution in [-0.2, 0) is 9.53 Å². The van der Waals surface area contributed by atoms with Crippen LogP contribution in [0, 0.1) is 6.92 Å². The third-order valence-corrected chi connectivity index (χ3v) is 4.57. The first-order chi connectivity index (χ1) is 14.5. The van der Waals surface area contributed by atoms with Gasteiger partial charge in [-0.05, 0) is 19.8 Å². The van der Waals surface area contributed by atoms with Crippen molar-refractivity contribution in [1.29, 1.82) is 0 Å². The number of carbonyl (C=O) groups is 2. The van der Waals surface area contributed by atoms with Gasteiger partial charge in [-0.1, -0.05) is 5.16 Å². The summed E-state index contributed by atoms with van der Waals surface area (Å²) >= 11 is 0. The fourth-order valence-corrected chi connectivity index (χ4v) is 3.12. The van der Waals surface area contributed by atoms with Crippen molar-refractivity contribution in [2.24, 2.45) is 0 Å². The Kier molecular flexibility index (Phi) is 7.12. The average molecular weight is 418 g/mol. The highest BCUT2D eigenvalue weighted by Crippen LogP contribution is 2.26. The molecule has 1 aromatic heterocycles. The fraction of sp³-hybridized carbons (Fsp3) is 0.450. The predicted molar refractivity (Wildman–Crippen MR) is 109 cm³/mol. The van der Waals surface area contributed by atoms with Gasteiger partial charge in [0, 0.05) is 43.1 Å². The lowest BCUT2D eigenvalue weighted by molar-refractivity contribution is -0.117. The van der Waals surface area contributed by atoms with Gasteiger partial charge in [-0.15, -0.1) is 0 Å². The monoisotopic (exact) mass is 418 g/mol. The van der Waals surface area contributed by atoms with Gasteiger partial charge in [-0.25, -0.2) is 4.79 Å². The molecule has 0 bridgehead atoms. The Bertz CT molecular complexity index is 856. The highest BCUT2D eigenvalue weighted by atomic mass is 16.5. The molecule has 10 heteroatoms. The number of rotatable bonds is 8. The second-order valence-corrected chi connectivity index (χ2v) is 6.92. The maximum atomic E-state index is 13.0. The van der Waals surface area contributed by atoms with Gasteiger partial charge in [0.05, 0.1) is 20.3 Å². The number of hydrogen-bond donors (Lipinski definition) is 2. The second kappa shape index (κ2) is 9.97. The summed E-state index contributed by atoms with van der Waals surface area (Å²) in [6.07, 6.45) is 1.65. The summed E-state index contributed by atoms with van der Waals surface area (Å²) in [5.74, 6) is 1.56. The Morgan fingerprint density at radius 2 is 1.90 bits per heavy atom. The van der Waals surface area contributed by atoms with E-state index in [0.717, 1.165) is 12.8 Å². The Morgan fingerprint density at radius 1 is 1.17 bits per heavy atom. The molecule has 1 saturated heterocycles. The lowest BCUT2D eigenvalue weighted by Gasteiger charge is -2.25. The van der Waals surface area contributed by atoms with Crippen molar-refractivity contribution < 1.29 is 28.3 Å². The Labute approximate surface area is 174 Å². The van der Waals surface area contributed by atoms with Crippen molar-refractivity contribution in [2.45, 2.75) is 25.9 Å². The van der Waals surface area contributed by atoms with Gasteiger partial charge in [0.15, 0.2) is 5.82 Å². The highest BCUT2D eigenvalue weighted by Gasteiger charge is 2.25. The van der Waals surface area contributed by atoms with E-state index in [0.29, 0.717) is 35.4 Å². The molecule has 3 amide bonds. The van der Waals surface area contributed by atoms with E-state index >= 15 is 0 Å². The summed E-state index contributed by atoms with van der Waals surface area (Å²) < 4.78 is 21.1. The molecule has 2 aromatic rings. The molecule has 0 aliphatic carbocycles. The zero-order chi connectivity index (χ0) is 21.5. The molecule has 0 spiro atoms. The summed E-state index contributed by atoms with van der Waals surface area (Å²) in [5, 5.41) is 9.16. The van der Waals surface area contributed by atoms with Crippen LogP contribution in [0.1, 0.15) is 18.6 Å². The van der Waals surface area contributed by atoms with E-state index in [1.165, 1.54) is 19.1 Å². The molecule has 0 saturated carbocycles. The predicted octanol–water partition coefficient (Wildman–Crippen LogP) is 2.65. The number of ether oxygens (including phenoxy) is 3. The fourth-order valence-electron chi connectivity index (χ4n) is 3.12. The number of benzene rings is 1. The van der Waals surface area contributed by atoms with E-state index in [4.69, 9.17) is 18.7 Å². The maximum absolute atomic E-state index is 13.0. The first-order valence-corrected chi connectivity index (χ1v) is 9.60. The number of anilines is 2. The van der Waals surface area contributed by atoms with Crippen LogP contribution in [0.25, 0.3) is 0 Å². The molecule has 2 N–H and O–H groups in total. The molecular weight excluding hydrogens is 392 g/mol. The van der Waals surface area contributed by atoms with Crippen molar-refractivity contribution in [3.05, 3.63) is 30.0 Å². The summed E-state index contributed by atoms with van der Waals surface area (Å²) in [5.41, 5.74) is 0.487. The molecule has 1 fully saturated rings. The molecule has 3 rings (SSSR count). The number of nitrogens with zero attached hydrogens (tertiary/aromatic N) is 2. The average Bonchev–Trinajstić information content (AvgIpc) is 3.38. The molecule has 1 atom stereocenters. The Hall–Kier alpha value is -3.27. The maximum Gasteiger partial charge on any atom is 0.322 e. The topological polar surface area (TPSA) is 115 Å². The largest absolute Gasteiger partial charge is 0.497 e. The minimum absolute atomic E-state index is 0.113. The summed E-state index contributed by atoms with van der Waals surface area (Å²) in [7, 11) is 3.06. The van der Waals surface area contributed by atoms with E-state index < -0.39 is 6.03 Å². The van der Waals surface area contributed by atoms with Gasteiger partial charge in [-0.3, -0.25) is 4.79 Å². The molecule has 1 aliphatic heterocycles. The van der Waals surface area contributed by atoms with Crippen LogP contribution >= 0.6 is 0 Å². The van der Waals surface area contributed by atoms with Crippen molar-refractivity contribution in [3.8, 4) is 11.5 Å². The van der Waals surface area contributed by atoms with Gasteiger partial charge in [0.25, 0.3) is 0 Å². The van der Waals surface area contributed by atoms with E-state index in [1.807, 2.05) is 0 Å². The van der Waals surface area contributed by atoms with Gasteiger partial charge in [0.1, 0.15) is 23.8 Å².